The second kappa shape index (κ2) is 5.83. The van der Waals surface area contributed by atoms with Crippen molar-refractivity contribution < 1.29 is 0 Å². The number of hydrogen-bond donors (Lipinski definition) is 1. The third-order valence-corrected chi connectivity index (χ3v) is 4.55. The van der Waals surface area contributed by atoms with Crippen molar-refractivity contribution in [1.82, 2.24) is 30.4 Å². The molecule has 23 heavy (non-hydrogen) atoms. The molecule has 1 N–H and O–H groups in total. The second-order valence-corrected chi connectivity index (χ2v) is 5.94. The van der Waals surface area contributed by atoms with Gasteiger partial charge in [0, 0.05) is 30.5 Å². The highest BCUT2D eigenvalue weighted by molar-refractivity contribution is 5.63. The predicted molar refractivity (Wildman–Crippen MR) is 86.6 cm³/mol. The highest BCUT2D eigenvalue weighted by Crippen LogP contribution is 2.32. The van der Waals surface area contributed by atoms with Crippen LogP contribution in [0.25, 0.3) is 11.4 Å². The van der Waals surface area contributed by atoms with Crippen molar-refractivity contribution in [1.29, 1.82) is 0 Å². The molecule has 7 heteroatoms. The van der Waals surface area contributed by atoms with Gasteiger partial charge in [-0.1, -0.05) is 12.1 Å². The second-order valence-electron chi connectivity index (χ2n) is 5.94. The van der Waals surface area contributed by atoms with E-state index in [1.165, 1.54) is 30.6 Å². The Morgan fingerprint density at radius 1 is 1.30 bits per heavy atom. The summed E-state index contributed by atoms with van der Waals surface area (Å²) in [4.78, 5) is 2.46. The van der Waals surface area contributed by atoms with Gasteiger partial charge in [-0.25, -0.2) is 0 Å². The number of nitrogens with zero attached hydrogens (tertiary/aromatic N) is 6. The minimum Gasteiger partial charge on any atom is -0.363 e. The standard InChI is InChI=1S/C16H19N7/c1-22-15(8-9-17-22)11-23(13-5-3-6-13)14-7-2-4-12(10-14)16-18-20-21-19-16/h2,4,7-10,13H,3,5-6,11H2,1H3,(H,18,19,20,21). The third-order valence-electron chi connectivity index (χ3n) is 4.55. The van der Waals surface area contributed by atoms with Crippen LogP contribution in [0, 0.1) is 0 Å². The molecule has 2 aromatic heterocycles. The maximum Gasteiger partial charge on any atom is 0.204 e. The lowest BCUT2D eigenvalue weighted by Crippen LogP contribution is -2.40. The number of nitrogens with one attached hydrogen (secondary N) is 1. The topological polar surface area (TPSA) is 75.5 Å². The van der Waals surface area contributed by atoms with Crippen LogP contribution in [0.3, 0.4) is 0 Å². The van der Waals surface area contributed by atoms with E-state index < -0.39 is 0 Å². The maximum absolute atomic E-state index is 4.28. The SMILES string of the molecule is Cn1nccc1CN(c1cccc(-c2nn[nH]n2)c1)C1CCC1. The van der Waals surface area contributed by atoms with Crippen molar-refractivity contribution in [3.05, 3.63) is 42.2 Å². The summed E-state index contributed by atoms with van der Waals surface area (Å²) in [6.07, 6.45) is 5.63. The fourth-order valence-electron chi connectivity index (χ4n) is 2.97. The number of benzene rings is 1. The van der Waals surface area contributed by atoms with Crippen LogP contribution in [0.5, 0.6) is 0 Å². The summed E-state index contributed by atoms with van der Waals surface area (Å²) in [6.45, 7) is 0.858. The largest absolute Gasteiger partial charge is 0.363 e. The van der Waals surface area contributed by atoms with Gasteiger partial charge >= 0.3 is 0 Å². The molecule has 0 atom stereocenters. The zero-order valence-corrected chi connectivity index (χ0v) is 13.1. The van der Waals surface area contributed by atoms with Crippen LogP contribution in [0.4, 0.5) is 5.69 Å². The maximum atomic E-state index is 4.28. The van der Waals surface area contributed by atoms with Gasteiger partial charge < -0.3 is 4.90 Å². The summed E-state index contributed by atoms with van der Waals surface area (Å²) >= 11 is 0. The van der Waals surface area contributed by atoms with Crippen molar-refractivity contribution in [3.63, 3.8) is 0 Å². The summed E-state index contributed by atoms with van der Waals surface area (Å²) in [5.41, 5.74) is 3.38. The van der Waals surface area contributed by atoms with Crippen LogP contribution in [0.1, 0.15) is 25.0 Å². The fraction of sp³-hybridized carbons (Fsp3) is 0.375. The molecule has 1 fully saturated rings. The normalized spacial score (nSPS) is 14.7. The molecule has 7 nitrogen and oxygen atoms in total. The van der Waals surface area contributed by atoms with Gasteiger partial charge in [-0.2, -0.15) is 10.3 Å². The summed E-state index contributed by atoms with van der Waals surface area (Å²) in [7, 11) is 1.99. The van der Waals surface area contributed by atoms with Crippen LogP contribution in [-0.2, 0) is 13.6 Å². The molecule has 0 amide bonds. The average molecular weight is 309 g/mol. The molecule has 0 aliphatic heterocycles. The first kappa shape index (κ1) is 13.9. The van der Waals surface area contributed by atoms with Crippen molar-refractivity contribution in [2.75, 3.05) is 4.90 Å². The Balaban J connectivity index is 1.66. The van der Waals surface area contributed by atoms with Gasteiger partial charge in [0.15, 0.2) is 0 Å². The molecule has 4 rings (SSSR count). The van der Waals surface area contributed by atoms with E-state index >= 15 is 0 Å². The van der Waals surface area contributed by atoms with Crippen LogP contribution in [-0.4, -0.2) is 36.4 Å². The Hall–Kier alpha value is -2.70. The minimum absolute atomic E-state index is 0.588. The Morgan fingerprint density at radius 2 is 2.22 bits per heavy atom. The van der Waals surface area contributed by atoms with Crippen molar-refractivity contribution in [3.8, 4) is 11.4 Å². The molecule has 1 aliphatic rings. The number of H-pyrrole nitrogens is 1. The van der Waals surface area contributed by atoms with Crippen LogP contribution >= 0.6 is 0 Å². The predicted octanol–water partition coefficient (Wildman–Crippen LogP) is 2.16. The van der Waals surface area contributed by atoms with Gasteiger partial charge in [0.1, 0.15) is 0 Å². The molecular weight excluding hydrogens is 290 g/mol. The fourth-order valence-corrected chi connectivity index (χ4v) is 2.97. The van der Waals surface area contributed by atoms with Gasteiger partial charge in [-0.3, -0.25) is 4.68 Å². The molecule has 0 spiro atoms. The first-order chi connectivity index (χ1) is 11.3. The number of aryl methyl sites for hydroxylation is 1. The van der Waals surface area contributed by atoms with Gasteiger partial charge in [0.25, 0.3) is 0 Å². The lowest BCUT2D eigenvalue weighted by atomic mass is 9.90. The van der Waals surface area contributed by atoms with Gasteiger partial charge in [-0.05, 0) is 42.7 Å². The van der Waals surface area contributed by atoms with E-state index in [9.17, 15) is 0 Å². The van der Waals surface area contributed by atoms with E-state index in [0.717, 1.165) is 12.1 Å². The summed E-state index contributed by atoms with van der Waals surface area (Å²) in [5.74, 6) is 0.626. The van der Waals surface area contributed by atoms with Crippen molar-refractivity contribution in [2.45, 2.75) is 31.8 Å². The minimum atomic E-state index is 0.588. The zero-order chi connectivity index (χ0) is 15.6. The molecule has 1 saturated carbocycles. The quantitative estimate of drug-likeness (QED) is 0.781. The average Bonchev–Trinajstić information content (AvgIpc) is 3.17. The zero-order valence-electron chi connectivity index (χ0n) is 13.1. The molecule has 0 saturated heterocycles. The summed E-state index contributed by atoms with van der Waals surface area (Å²) in [5, 5.41) is 18.6. The Labute approximate surface area is 134 Å². The number of tetrazole rings is 1. The third kappa shape index (κ3) is 2.69. The number of aromatic amines is 1. The first-order valence-electron chi connectivity index (χ1n) is 7.88. The number of rotatable bonds is 5. The van der Waals surface area contributed by atoms with Crippen molar-refractivity contribution >= 4 is 5.69 Å². The van der Waals surface area contributed by atoms with Gasteiger partial charge in [0.2, 0.25) is 5.82 Å². The van der Waals surface area contributed by atoms with Crippen LogP contribution in [0.2, 0.25) is 0 Å². The van der Waals surface area contributed by atoms with Crippen LogP contribution in [0.15, 0.2) is 36.5 Å². The smallest absolute Gasteiger partial charge is 0.204 e. The molecule has 0 radical (unpaired) electrons. The number of hydrogen-bond acceptors (Lipinski definition) is 5. The molecule has 1 aliphatic carbocycles. The Bertz CT molecular complexity index is 773. The molecule has 0 unspecified atom stereocenters. The van der Waals surface area contributed by atoms with E-state index in [1.54, 1.807) is 0 Å². The number of aromatic nitrogens is 6. The highest BCUT2D eigenvalue weighted by Gasteiger charge is 2.26. The van der Waals surface area contributed by atoms with Crippen LogP contribution < -0.4 is 4.90 Å². The molecular formula is C16H19N7. The van der Waals surface area contributed by atoms with Gasteiger partial charge in [-0.15, -0.1) is 10.2 Å². The monoisotopic (exact) mass is 309 g/mol. The molecule has 3 aromatic rings. The van der Waals surface area contributed by atoms with E-state index in [4.69, 9.17) is 0 Å². The van der Waals surface area contributed by atoms with E-state index in [1.807, 2.05) is 24.0 Å². The summed E-state index contributed by atoms with van der Waals surface area (Å²) < 4.78 is 1.94. The first-order valence-corrected chi connectivity index (χ1v) is 7.88. The lowest BCUT2D eigenvalue weighted by Gasteiger charge is -2.39. The molecule has 118 valence electrons. The lowest BCUT2D eigenvalue weighted by molar-refractivity contribution is 0.381. The van der Waals surface area contributed by atoms with Crippen molar-refractivity contribution in [2.24, 2.45) is 7.05 Å². The molecule has 1 aromatic carbocycles. The Morgan fingerprint density at radius 3 is 2.87 bits per heavy atom. The highest BCUT2D eigenvalue weighted by atomic mass is 15.5. The molecule has 0 bridgehead atoms. The number of anilines is 1. The Kier molecular flexibility index (Phi) is 3.53. The van der Waals surface area contributed by atoms with E-state index in [2.05, 4.69) is 54.9 Å². The van der Waals surface area contributed by atoms with E-state index in [0.29, 0.717) is 11.9 Å². The van der Waals surface area contributed by atoms with Gasteiger partial charge in [0.05, 0.1) is 12.2 Å². The van der Waals surface area contributed by atoms with E-state index in [-0.39, 0.29) is 0 Å². The summed E-state index contributed by atoms with van der Waals surface area (Å²) in [6, 6.07) is 11.0. The molecule has 2 heterocycles.